The standard InChI is InChI=1S/C21H16O4/c1-14(2)20(22)25-21(19-12-7-13-23-19)15-8-3-5-10-17(15)24-18-11-6-4-9-16(18)21/h3-13H,1H2,2H3. The Morgan fingerprint density at radius 2 is 1.56 bits per heavy atom. The molecule has 0 amide bonds. The summed E-state index contributed by atoms with van der Waals surface area (Å²) in [5.41, 5.74) is 0.495. The van der Waals surface area contributed by atoms with Crippen molar-refractivity contribution in [3.8, 4) is 11.5 Å². The highest BCUT2D eigenvalue weighted by molar-refractivity contribution is 5.88. The number of carbonyl (C=O) groups is 1. The maximum Gasteiger partial charge on any atom is 0.334 e. The average Bonchev–Trinajstić information content (AvgIpc) is 3.16. The highest BCUT2D eigenvalue weighted by Crippen LogP contribution is 2.52. The van der Waals surface area contributed by atoms with Gasteiger partial charge in [0.15, 0.2) is 5.76 Å². The van der Waals surface area contributed by atoms with Crippen LogP contribution in [0.2, 0.25) is 0 Å². The minimum absolute atomic E-state index is 0.312. The fraction of sp³-hybridized carbons (Fsp3) is 0.0952. The highest BCUT2D eigenvalue weighted by atomic mass is 16.6. The zero-order valence-corrected chi connectivity index (χ0v) is 13.7. The van der Waals surface area contributed by atoms with Crippen LogP contribution in [0.25, 0.3) is 0 Å². The molecule has 0 saturated heterocycles. The first-order valence-electron chi connectivity index (χ1n) is 7.92. The van der Waals surface area contributed by atoms with E-state index in [2.05, 4.69) is 6.58 Å². The molecule has 0 bridgehead atoms. The number of rotatable bonds is 3. The molecule has 0 unspecified atom stereocenters. The molecule has 2 heterocycles. The van der Waals surface area contributed by atoms with Crippen molar-refractivity contribution in [2.75, 3.05) is 0 Å². The fourth-order valence-electron chi connectivity index (χ4n) is 3.09. The lowest BCUT2D eigenvalue weighted by Crippen LogP contribution is -2.37. The SMILES string of the molecule is C=C(C)C(=O)OC1(c2ccco2)c2ccccc2Oc2ccccc21. The summed E-state index contributed by atoms with van der Waals surface area (Å²) in [5, 5.41) is 0. The van der Waals surface area contributed by atoms with Crippen LogP contribution in [-0.2, 0) is 15.1 Å². The van der Waals surface area contributed by atoms with Crippen LogP contribution in [-0.4, -0.2) is 5.97 Å². The van der Waals surface area contributed by atoms with E-state index in [0.717, 1.165) is 0 Å². The van der Waals surface area contributed by atoms with Gasteiger partial charge in [-0.05, 0) is 31.2 Å². The van der Waals surface area contributed by atoms with E-state index in [1.54, 1.807) is 25.3 Å². The van der Waals surface area contributed by atoms with Gasteiger partial charge in [0.2, 0.25) is 5.60 Å². The molecule has 0 saturated carbocycles. The van der Waals surface area contributed by atoms with Gasteiger partial charge in [-0.1, -0.05) is 43.0 Å². The molecule has 4 rings (SSSR count). The van der Waals surface area contributed by atoms with E-state index in [1.165, 1.54) is 0 Å². The number of furan rings is 1. The van der Waals surface area contributed by atoms with Gasteiger partial charge in [-0.3, -0.25) is 0 Å². The predicted molar refractivity (Wildman–Crippen MR) is 92.5 cm³/mol. The van der Waals surface area contributed by atoms with Crippen molar-refractivity contribution in [3.05, 3.63) is 96.0 Å². The van der Waals surface area contributed by atoms with Gasteiger partial charge in [0.1, 0.15) is 11.5 Å². The first kappa shape index (κ1) is 15.3. The molecule has 1 aromatic heterocycles. The topological polar surface area (TPSA) is 48.7 Å². The summed E-state index contributed by atoms with van der Waals surface area (Å²) in [6.45, 7) is 5.33. The molecule has 0 fully saturated rings. The molecule has 2 aromatic carbocycles. The van der Waals surface area contributed by atoms with Crippen molar-refractivity contribution in [1.82, 2.24) is 0 Å². The van der Waals surface area contributed by atoms with Crippen molar-refractivity contribution in [1.29, 1.82) is 0 Å². The minimum Gasteiger partial charge on any atom is -0.464 e. The minimum atomic E-state index is -1.23. The molecule has 25 heavy (non-hydrogen) atoms. The second kappa shape index (κ2) is 5.67. The quantitative estimate of drug-likeness (QED) is 0.511. The summed E-state index contributed by atoms with van der Waals surface area (Å²) in [6, 6.07) is 18.5. The van der Waals surface area contributed by atoms with Crippen molar-refractivity contribution in [2.45, 2.75) is 12.5 Å². The van der Waals surface area contributed by atoms with Gasteiger partial charge in [-0.2, -0.15) is 0 Å². The summed E-state index contributed by atoms with van der Waals surface area (Å²) in [4.78, 5) is 12.5. The molecular weight excluding hydrogens is 316 g/mol. The smallest absolute Gasteiger partial charge is 0.334 e. The number of hydrogen-bond donors (Lipinski definition) is 0. The molecule has 0 N–H and O–H groups in total. The first-order chi connectivity index (χ1) is 12.1. The number of hydrogen-bond acceptors (Lipinski definition) is 4. The number of carbonyl (C=O) groups excluding carboxylic acids is 1. The van der Waals surface area contributed by atoms with Crippen molar-refractivity contribution >= 4 is 5.97 Å². The number of para-hydroxylation sites is 2. The summed E-state index contributed by atoms with van der Waals surface area (Å²) >= 11 is 0. The van der Waals surface area contributed by atoms with E-state index in [-0.39, 0.29) is 0 Å². The lowest BCUT2D eigenvalue weighted by atomic mass is 9.81. The molecule has 1 aliphatic heterocycles. The lowest BCUT2D eigenvalue weighted by molar-refractivity contribution is -0.150. The van der Waals surface area contributed by atoms with Crippen LogP contribution in [0, 0.1) is 0 Å². The Kier molecular flexibility index (Phi) is 3.46. The summed E-state index contributed by atoms with van der Waals surface area (Å²) in [6.07, 6.45) is 1.56. The summed E-state index contributed by atoms with van der Waals surface area (Å²) < 4.78 is 17.8. The Morgan fingerprint density at radius 1 is 0.960 bits per heavy atom. The highest BCUT2D eigenvalue weighted by Gasteiger charge is 2.49. The number of benzene rings is 2. The van der Waals surface area contributed by atoms with Crippen LogP contribution in [0.5, 0.6) is 11.5 Å². The summed E-state index contributed by atoms with van der Waals surface area (Å²) in [7, 11) is 0. The van der Waals surface area contributed by atoms with Gasteiger partial charge < -0.3 is 13.9 Å². The Bertz CT molecular complexity index is 908. The van der Waals surface area contributed by atoms with E-state index < -0.39 is 11.6 Å². The first-order valence-corrected chi connectivity index (χ1v) is 7.92. The number of esters is 1. The molecule has 0 aliphatic carbocycles. The molecule has 124 valence electrons. The normalized spacial score (nSPS) is 14.0. The van der Waals surface area contributed by atoms with Gasteiger partial charge in [0, 0.05) is 5.57 Å². The summed E-state index contributed by atoms with van der Waals surface area (Å²) in [5.74, 6) is 1.24. The van der Waals surface area contributed by atoms with Crippen LogP contribution in [0.1, 0.15) is 23.8 Å². The Hall–Kier alpha value is -3.27. The van der Waals surface area contributed by atoms with E-state index >= 15 is 0 Å². The van der Waals surface area contributed by atoms with Crippen LogP contribution in [0.4, 0.5) is 0 Å². The van der Waals surface area contributed by atoms with Crippen molar-refractivity contribution in [3.63, 3.8) is 0 Å². The van der Waals surface area contributed by atoms with Crippen molar-refractivity contribution in [2.24, 2.45) is 0 Å². The van der Waals surface area contributed by atoms with Crippen LogP contribution in [0.15, 0.2) is 83.5 Å². The third-order valence-electron chi connectivity index (χ3n) is 4.22. The van der Waals surface area contributed by atoms with Crippen LogP contribution < -0.4 is 4.74 Å². The molecule has 4 heteroatoms. The molecule has 3 aromatic rings. The molecule has 1 aliphatic rings. The third-order valence-corrected chi connectivity index (χ3v) is 4.22. The number of ether oxygens (including phenoxy) is 2. The molecule has 0 radical (unpaired) electrons. The zero-order valence-electron chi connectivity index (χ0n) is 13.7. The second-order valence-electron chi connectivity index (χ2n) is 5.92. The fourth-order valence-corrected chi connectivity index (χ4v) is 3.09. The Balaban J connectivity index is 2.06. The number of fused-ring (bicyclic) bond motifs is 2. The maximum atomic E-state index is 12.5. The monoisotopic (exact) mass is 332 g/mol. The predicted octanol–water partition coefficient (Wildman–Crippen LogP) is 4.80. The van der Waals surface area contributed by atoms with E-state index in [9.17, 15) is 4.79 Å². The van der Waals surface area contributed by atoms with Gasteiger partial charge in [0.05, 0.1) is 17.4 Å². The van der Waals surface area contributed by atoms with E-state index in [1.807, 2.05) is 48.5 Å². The van der Waals surface area contributed by atoms with Crippen molar-refractivity contribution < 1.29 is 18.7 Å². The van der Waals surface area contributed by atoms with Gasteiger partial charge in [0.25, 0.3) is 0 Å². The third kappa shape index (κ3) is 2.26. The Labute approximate surface area is 145 Å². The molecule has 0 spiro atoms. The van der Waals surface area contributed by atoms with Crippen LogP contribution >= 0.6 is 0 Å². The lowest BCUT2D eigenvalue weighted by Gasteiger charge is -2.38. The largest absolute Gasteiger partial charge is 0.464 e. The maximum absolute atomic E-state index is 12.5. The second-order valence-corrected chi connectivity index (χ2v) is 5.92. The molecule has 0 atom stereocenters. The van der Waals surface area contributed by atoms with Gasteiger partial charge >= 0.3 is 5.97 Å². The molecular formula is C21H16O4. The van der Waals surface area contributed by atoms with Crippen LogP contribution in [0.3, 0.4) is 0 Å². The van der Waals surface area contributed by atoms with Gasteiger partial charge in [-0.25, -0.2) is 4.79 Å². The molecule has 4 nitrogen and oxygen atoms in total. The average molecular weight is 332 g/mol. The zero-order chi connectivity index (χ0) is 17.4. The van der Waals surface area contributed by atoms with Gasteiger partial charge in [-0.15, -0.1) is 0 Å². The Morgan fingerprint density at radius 3 is 2.08 bits per heavy atom. The van der Waals surface area contributed by atoms with E-state index in [0.29, 0.717) is 34.0 Å². The van der Waals surface area contributed by atoms with E-state index in [4.69, 9.17) is 13.9 Å².